The smallest absolute Gasteiger partial charge is 0.123 e. The van der Waals surface area contributed by atoms with E-state index in [4.69, 9.17) is 17.4 Å². The molecule has 1 unspecified atom stereocenters. The fourth-order valence-corrected chi connectivity index (χ4v) is 2.52. The number of hydrogen-bond acceptors (Lipinski definition) is 2. The number of nitrogens with two attached hydrogens (primary N) is 1. The lowest BCUT2D eigenvalue weighted by Gasteiger charge is -2.18. The Morgan fingerprint density at radius 2 is 1.95 bits per heavy atom. The molecule has 0 spiro atoms. The van der Waals surface area contributed by atoms with Crippen LogP contribution in [0.3, 0.4) is 0 Å². The van der Waals surface area contributed by atoms with Gasteiger partial charge in [-0.25, -0.2) is 9.82 Å². The van der Waals surface area contributed by atoms with Crippen molar-refractivity contribution in [2.24, 2.45) is 5.84 Å². The molecule has 2 nitrogen and oxygen atoms in total. The summed E-state index contributed by atoms with van der Waals surface area (Å²) in [5.74, 6) is 5.33. The Morgan fingerprint density at radius 3 is 2.53 bits per heavy atom. The highest BCUT2D eigenvalue weighted by atomic mass is 79.9. The van der Waals surface area contributed by atoms with Gasteiger partial charge in [0.05, 0.1) is 11.1 Å². The molecule has 0 aliphatic carbocycles. The van der Waals surface area contributed by atoms with Crippen LogP contribution in [0.5, 0.6) is 0 Å². The topological polar surface area (TPSA) is 38.0 Å². The second kappa shape index (κ2) is 6.01. The Bertz CT molecular complexity index is 584. The molecule has 0 aliphatic heterocycles. The number of nitrogens with one attached hydrogen (secondary N) is 1. The van der Waals surface area contributed by atoms with Gasteiger partial charge in [0, 0.05) is 4.47 Å². The summed E-state index contributed by atoms with van der Waals surface area (Å²) in [4.78, 5) is 0. The number of hydrazine groups is 1. The lowest BCUT2D eigenvalue weighted by atomic mass is 9.98. The van der Waals surface area contributed by atoms with Crippen LogP contribution in [0.15, 0.2) is 40.9 Å². The fourth-order valence-electron chi connectivity index (χ4n) is 2.01. The molecule has 1 atom stereocenters. The van der Waals surface area contributed by atoms with E-state index in [1.165, 1.54) is 12.1 Å². The molecule has 2 aromatic carbocycles. The number of hydrogen-bond donors (Lipinski definition) is 2. The average Bonchev–Trinajstić information content (AvgIpc) is 2.33. The van der Waals surface area contributed by atoms with Crippen LogP contribution in [0.4, 0.5) is 4.39 Å². The summed E-state index contributed by atoms with van der Waals surface area (Å²) in [7, 11) is 0. The van der Waals surface area contributed by atoms with Crippen molar-refractivity contribution >= 4 is 27.5 Å². The number of halogens is 3. The van der Waals surface area contributed by atoms with Crippen molar-refractivity contribution < 1.29 is 4.39 Å². The van der Waals surface area contributed by atoms with Gasteiger partial charge in [0.2, 0.25) is 0 Å². The first-order valence-electron chi connectivity index (χ1n) is 5.69. The first kappa shape index (κ1) is 14.5. The van der Waals surface area contributed by atoms with Gasteiger partial charge in [-0.15, -0.1) is 0 Å². The third-order valence-corrected chi connectivity index (χ3v) is 4.06. The van der Waals surface area contributed by atoms with E-state index in [0.717, 1.165) is 21.2 Å². The van der Waals surface area contributed by atoms with Crippen LogP contribution in [0.25, 0.3) is 0 Å². The van der Waals surface area contributed by atoms with Crippen molar-refractivity contribution in [1.29, 1.82) is 0 Å². The fraction of sp³-hybridized carbons (Fsp3) is 0.143. The Labute approximate surface area is 124 Å². The Morgan fingerprint density at radius 1 is 1.21 bits per heavy atom. The average molecular weight is 344 g/mol. The van der Waals surface area contributed by atoms with E-state index >= 15 is 0 Å². The number of rotatable bonds is 3. The van der Waals surface area contributed by atoms with Crippen molar-refractivity contribution in [1.82, 2.24) is 5.43 Å². The zero-order valence-corrected chi connectivity index (χ0v) is 12.6. The van der Waals surface area contributed by atoms with Crippen LogP contribution in [0, 0.1) is 12.7 Å². The molecule has 0 aliphatic rings. The van der Waals surface area contributed by atoms with E-state index in [1.807, 2.05) is 25.1 Å². The van der Waals surface area contributed by atoms with Crippen LogP contribution in [0.2, 0.25) is 5.02 Å². The van der Waals surface area contributed by atoms with Gasteiger partial charge in [0.25, 0.3) is 0 Å². The second-order valence-corrected chi connectivity index (χ2v) is 5.60. The molecule has 0 aromatic heterocycles. The largest absolute Gasteiger partial charge is 0.271 e. The minimum atomic E-state index is -0.289. The molecule has 2 aromatic rings. The lowest BCUT2D eigenvalue weighted by Crippen LogP contribution is -2.29. The monoisotopic (exact) mass is 342 g/mol. The molecule has 0 amide bonds. The maximum absolute atomic E-state index is 13.5. The molecule has 100 valence electrons. The number of aryl methyl sites for hydroxylation is 1. The minimum absolute atomic E-state index is 0.275. The Hall–Kier alpha value is -0.940. The highest BCUT2D eigenvalue weighted by Crippen LogP contribution is 2.29. The van der Waals surface area contributed by atoms with Crippen LogP contribution >= 0.6 is 27.5 Å². The summed E-state index contributed by atoms with van der Waals surface area (Å²) < 4.78 is 14.3. The van der Waals surface area contributed by atoms with Crippen molar-refractivity contribution in [3.05, 3.63) is 68.4 Å². The number of benzene rings is 2. The van der Waals surface area contributed by atoms with Crippen LogP contribution in [-0.2, 0) is 0 Å². The first-order valence-corrected chi connectivity index (χ1v) is 6.86. The van der Waals surface area contributed by atoms with Gasteiger partial charge < -0.3 is 0 Å². The summed E-state index contributed by atoms with van der Waals surface area (Å²) in [6, 6.07) is 10.1. The molecule has 0 saturated heterocycles. The SMILES string of the molecule is Cc1cc(F)cc(C(NN)c2ccc(Cl)c(Br)c2)c1. The molecule has 0 radical (unpaired) electrons. The maximum Gasteiger partial charge on any atom is 0.123 e. The van der Waals surface area contributed by atoms with E-state index in [0.29, 0.717) is 5.02 Å². The summed E-state index contributed by atoms with van der Waals surface area (Å²) >= 11 is 9.34. The van der Waals surface area contributed by atoms with Gasteiger partial charge >= 0.3 is 0 Å². The quantitative estimate of drug-likeness (QED) is 0.650. The van der Waals surface area contributed by atoms with E-state index in [-0.39, 0.29) is 11.9 Å². The maximum atomic E-state index is 13.5. The van der Waals surface area contributed by atoms with Crippen LogP contribution in [-0.4, -0.2) is 0 Å². The van der Waals surface area contributed by atoms with Crippen molar-refractivity contribution in [3.63, 3.8) is 0 Å². The predicted molar refractivity (Wildman–Crippen MR) is 79.5 cm³/mol. The summed E-state index contributed by atoms with van der Waals surface area (Å²) in [5, 5.41) is 0.620. The molecule has 2 rings (SSSR count). The zero-order chi connectivity index (χ0) is 14.0. The summed E-state index contributed by atoms with van der Waals surface area (Å²) in [6.07, 6.45) is 0. The molecular formula is C14H13BrClFN2. The van der Waals surface area contributed by atoms with Gasteiger partial charge in [-0.3, -0.25) is 5.84 Å². The van der Waals surface area contributed by atoms with Gasteiger partial charge in [0.15, 0.2) is 0 Å². The molecule has 0 fully saturated rings. The molecule has 3 N–H and O–H groups in total. The Kier molecular flexibility index (Phi) is 4.58. The van der Waals surface area contributed by atoms with E-state index in [9.17, 15) is 4.39 Å². The van der Waals surface area contributed by atoms with Crippen molar-refractivity contribution in [2.75, 3.05) is 0 Å². The van der Waals surface area contributed by atoms with Gasteiger partial charge in [0.1, 0.15) is 5.82 Å². The van der Waals surface area contributed by atoms with E-state index in [2.05, 4.69) is 21.4 Å². The second-order valence-electron chi connectivity index (χ2n) is 4.34. The third-order valence-electron chi connectivity index (χ3n) is 2.84. The summed E-state index contributed by atoms with van der Waals surface area (Å²) in [6.45, 7) is 1.85. The molecule has 0 heterocycles. The molecule has 0 saturated carbocycles. The molecule has 19 heavy (non-hydrogen) atoms. The standard InChI is InChI=1S/C14H13BrClFN2/c1-8-4-10(6-11(17)5-8)14(19-18)9-2-3-13(16)12(15)7-9/h2-7,14,19H,18H2,1H3. The third kappa shape index (κ3) is 3.34. The normalized spacial score (nSPS) is 12.5. The summed E-state index contributed by atoms with van der Waals surface area (Å²) in [5.41, 5.74) is 5.23. The minimum Gasteiger partial charge on any atom is -0.271 e. The molecular weight excluding hydrogens is 331 g/mol. The molecule has 5 heteroatoms. The van der Waals surface area contributed by atoms with Crippen molar-refractivity contribution in [2.45, 2.75) is 13.0 Å². The highest BCUT2D eigenvalue weighted by molar-refractivity contribution is 9.10. The van der Waals surface area contributed by atoms with Crippen LogP contribution in [0.1, 0.15) is 22.7 Å². The Balaban J connectivity index is 2.46. The predicted octanol–water partition coefficient (Wildman–Crippen LogP) is 4.10. The highest BCUT2D eigenvalue weighted by Gasteiger charge is 2.14. The lowest BCUT2D eigenvalue weighted by molar-refractivity contribution is 0.604. The zero-order valence-electron chi connectivity index (χ0n) is 10.3. The molecule has 0 bridgehead atoms. The van der Waals surface area contributed by atoms with Crippen LogP contribution < -0.4 is 11.3 Å². The van der Waals surface area contributed by atoms with E-state index in [1.54, 1.807) is 6.07 Å². The van der Waals surface area contributed by atoms with E-state index < -0.39 is 0 Å². The van der Waals surface area contributed by atoms with Crippen molar-refractivity contribution in [3.8, 4) is 0 Å². The first-order chi connectivity index (χ1) is 9.01. The van der Waals surface area contributed by atoms with Gasteiger partial charge in [-0.05, 0) is 63.8 Å². The van der Waals surface area contributed by atoms with Gasteiger partial charge in [-0.1, -0.05) is 23.7 Å². The van der Waals surface area contributed by atoms with Gasteiger partial charge in [-0.2, -0.15) is 0 Å².